The van der Waals surface area contributed by atoms with Gasteiger partial charge in [0.15, 0.2) is 5.78 Å². The fourth-order valence-electron chi connectivity index (χ4n) is 1.64. The van der Waals surface area contributed by atoms with Gasteiger partial charge in [-0.05, 0) is 40.2 Å². The summed E-state index contributed by atoms with van der Waals surface area (Å²) >= 11 is 3.32. The van der Waals surface area contributed by atoms with Crippen LogP contribution in [0.5, 0.6) is 0 Å². The number of nitriles is 1. The fraction of sp³-hybridized carbons (Fsp3) is 0.0667. The maximum absolute atomic E-state index is 12.2. The standard InChI is InChI=1S/C15H10BrNO2S/c16-13-3-1-2-4-15(13)20(19)10-14(18)12-7-5-11(9-17)6-8-12/h1-8H,10H2. The number of carbonyl (C=O) groups is 1. The third kappa shape index (κ3) is 3.41. The summed E-state index contributed by atoms with van der Waals surface area (Å²) in [6.07, 6.45) is 0. The zero-order chi connectivity index (χ0) is 14.5. The Morgan fingerprint density at radius 2 is 1.80 bits per heavy atom. The van der Waals surface area contributed by atoms with Crippen molar-refractivity contribution in [1.82, 2.24) is 0 Å². The monoisotopic (exact) mass is 347 g/mol. The Bertz CT molecular complexity index is 705. The molecule has 0 aliphatic rings. The van der Waals surface area contributed by atoms with Gasteiger partial charge in [0.25, 0.3) is 0 Å². The van der Waals surface area contributed by atoms with Crippen LogP contribution in [-0.4, -0.2) is 15.7 Å². The fourth-order valence-corrected chi connectivity index (χ4v) is 3.54. The van der Waals surface area contributed by atoms with Gasteiger partial charge in [0.2, 0.25) is 0 Å². The van der Waals surface area contributed by atoms with Gasteiger partial charge in [-0.25, -0.2) is 0 Å². The van der Waals surface area contributed by atoms with Crippen molar-refractivity contribution in [3.63, 3.8) is 0 Å². The molecule has 0 bridgehead atoms. The molecule has 0 radical (unpaired) electrons. The lowest BCUT2D eigenvalue weighted by Crippen LogP contribution is -2.11. The first kappa shape index (κ1) is 14.6. The van der Waals surface area contributed by atoms with Crippen LogP contribution >= 0.6 is 15.9 Å². The predicted octanol–water partition coefficient (Wildman–Crippen LogP) is 3.31. The molecule has 2 rings (SSSR count). The molecule has 20 heavy (non-hydrogen) atoms. The van der Waals surface area contributed by atoms with Gasteiger partial charge >= 0.3 is 0 Å². The van der Waals surface area contributed by atoms with Crippen LogP contribution in [0.3, 0.4) is 0 Å². The Morgan fingerprint density at radius 1 is 1.15 bits per heavy atom. The Balaban J connectivity index is 2.13. The molecule has 2 aromatic rings. The SMILES string of the molecule is N#Cc1ccc(C(=O)CS(=O)c2ccccc2Br)cc1. The van der Waals surface area contributed by atoms with Crippen molar-refractivity contribution in [2.45, 2.75) is 4.90 Å². The number of halogens is 1. The van der Waals surface area contributed by atoms with Crippen LogP contribution in [0.4, 0.5) is 0 Å². The normalized spacial score (nSPS) is 11.6. The summed E-state index contributed by atoms with van der Waals surface area (Å²) in [6, 6.07) is 15.4. The number of carbonyl (C=O) groups excluding carboxylic acids is 1. The highest BCUT2D eigenvalue weighted by atomic mass is 79.9. The van der Waals surface area contributed by atoms with E-state index in [0.29, 0.717) is 16.0 Å². The number of ketones is 1. The van der Waals surface area contributed by atoms with E-state index in [4.69, 9.17) is 5.26 Å². The van der Waals surface area contributed by atoms with Crippen LogP contribution < -0.4 is 0 Å². The van der Waals surface area contributed by atoms with Gasteiger partial charge in [-0.1, -0.05) is 24.3 Å². The highest BCUT2D eigenvalue weighted by molar-refractivity contribution is 9.10. The lowest BCUT2D eigenvalue weighted by Gasteiger charge is -2.04. The molecule has 3 nitrogen and oxygen atoms in total. The summed E-state index contributed by atoms with van der Waals surface area (Å²) in [4.78, 5) is 12.7. The van der Waals surface area contributed by atoms with Crippen LogP contribution in [0.2, 0.25) is 0 Å². The van der Waals surface area contributed by atoms with E-state index in [1.54, 1.807) is 42.5 Å². The number of Topliss-reactive ketones (excluding diaryl/α,β-unsaturated/α-hetero) is 1. The van der Waals surface area contributed by atoms with E-state index in [1.165, 1.54) is 0 Å². The second kappa shape index (κ2) is 6.60. The van der Waals surface area contributed by atoms with Crippen LogP contribution in [0.15, 0.2) is 57.9 Å². The third-order valence-corrected chi connectivity index (χ3v) is 5.00. The number of hydrogen-bond donors (Lipinski definition) is 0. The van der Waals surface area contributed by atoms with Crippen LogP contribution in [0, 0.1) is 11.3 Å². The second-order valence-electron chi connectivity index (χ2n) is 4.03. The molecule has 0 saturated heterocycles. The minimum atomic E-state index is -1.39. The average molecular weight is 348 g/mol. The molecule has 0 amide bonds. The molecule has 1 atom stereocenters. The van der Waals surface area contributed by atoms with E-state index in [1.807, 2.05) is 12.1 Å². The number of rotatable bonds is 4. The molecule has 0 fully saturated rings. The van der Waals surface area contributed by atoms with Crippen molar-refractivity contribution in [2.24, 2.45) is 0 Å². The number of nitrogens with zero attached hydrogens (tertiary/aromatic N) is 1. The topological polar surface area (TPSA) is 57.9 Å². The quantitative estimate of drug-likeness (QED) is 0.797. The molecule has 0 spiro atoms. The molecule has 2 aromatic carbocycles. The smallest absolute Gasteiger partial charge is 0.175 e. The molecular weight excluding hydrogens is 338 g/mol. The summed E-state index contributed by atoms with van der Waals surface area (Å²) in [5.41, 5.74) is 0.956. The van der Waals surface area contributed by atoms with E-state index >= 15 is 0 Å². The van der Waals surface area contributed by atoms with Crippen LogP contribution in [0.1, 0.15) is 15.9 Å². The van der Waals surface area contributed by atoms with Gasteiger partial charge < -0.3 is 0 Å². The largest absolute Gasteiger partial charge is 0.293 e. The number of hydrogen-bond acceptors (Lipinski definition) is 3. The van der Waals surface area contributed by atoms with Gasteiger partial charge in [-0.15, -0.1) is 0 Å². The molecular formula is C15H10BrNO2S. The lowest BCUT2D eigenvalue weighted by molar-refractivity contribution is 0.102. The van der Waals surface area contributed by atoms with E-state index < -0.39 is 10.8 Å². The third-order valence-electron chi connectivity index (χ3n) is 2.68. The Hall–Kier alpha value is -1.77. The lowest BCUT2D eigenvalue weighted by atomic mass is 10.1. The highest BCUT2D eigenvalue weighted by Crippen LogP contribution is 2.20. The first-order valence-electron chi connectivity index (χ1n) is 5.78. The predicted molar refractivity (Wildman–Crippen MR) is 80.9 cm³/mol. The van der Waals surface area contributed by atoms with Crippen molar-refractivity contribution < 1.29 is 9.00 Å². The van der Waals surface area contributed by atoms with Gasteiger partial charge in [-0.3, -0.25) is 9.00 Å². The molecule has 0 N–H and O–H groups in total. The van der Waals surface area contributed by atoms with Crippen molar-refractivity contribution in [1.29, 1.82) is 5.26 Å². The van der Waals surface area contributed by atoms with Crippen molar-refractivity contribution in [3.05, 3.63) is 64.1 Å². The Morgan fingerprint density at radius 3 is 2.40 bits per heavy atom. The molecule has 0 aliphatic heterocycles. The van der Waals surface area contributed by atoms with Gasteiger partial charge in [-0.2, -0.15) is 5.26 Å². The van der Waals surface area contributed by atoms with E-state index in [2.05, 4.69) is 15.9 Å². The highest BCUT2D eigenvalue weighted by Gasteiger charge is 2.14. The van der Waals surface area contributed by atoms with E-state index in [0.717, 1.165) is 4.47 Å². The maximum Gasteiger partial charge on any atom is 0.175 e. The molecule has 0 saturated carbocycles. The average Bonchev–Trinajstić information content (AvgIpc) is 2.47. The first-order chi connectivity index (χ1) is 9.61. The molecule has 0 aromatic heterocycles. The molecule has 5 heteroatoms. The molecule has 100 valence electrons. The summed E-state index contributed by atoms with van der Waals surface area (Å²) in [5, 5.41) is 8.70. The molecule has 0 aliphatic carbocycles. The van der Waals surface area contributed by atoms with Crippen LogP contribution in [0.25, 0.3) is 0 Å². The van der Waals surface area contributed by atoms with Crippen molar-refractivity contribution in [2.75, 3.05) is 5.75 Å². The maximum atomic E-state index is 12.2. The summed E-state index contributed by atoms with van der Waals surface area (Å²) < 4.78 is 12.9. The second-order valence-corrected chi connectivity index (χ2v) is 6.31. The summed E-state index contributed by atoms with van der Waals surface area (Å²) in [5.74, 6) is -0.280. The van der Waals surface area contributed by atoms with Gasteiger partial charge in [0.05, 0.1) is 33.1 Å². The minimum absolute atomic E-state index is 0.0749. The number of benzene rings is 2. The minimum Gasteiger partial charge on any atom is -0.293 e. The Labute approximate surface area is 127 Å². The van der Waals surface area contributed by atoms with Crippen molar-refractivity contribution in [3.8, 4) is 6.07 Å². The molecule has 0 heterocycles. The Kier molecular flexibility index (Phi) is 4.83. The zero-order valence-corrected chi connectivity index (χ0v) is 12.8. The zero-order valence-electron chi connectivity index (χ0n) is 10.4. The van der Waals surface area contributed by atoms with Gasteiger partial charge in [0.1, 0.15) is 0 Å². The van der Waals surface area contributed by atoms with Crippen molar-refractivity contribution >= 4 is 32.5 Å². The first-order valence-corrected chi connectivity index (χ1v) is 7.89. The van der Waals surface area contributed by atoms with Gasteiger partial charge in [0, 0.05) is 10.0 Å². The van der Waals surface area contributed by atoms with E-state index in [9.17, 15) is 9.00 Å². The summed E-state index contributed by atoms with van der Waals surface area (Å²) in [7, 11) is -1.39. The molecule has 1 unspecified atom stereocenters. The van der Waals surface area contributed by atoms with Crippen LogP contribution in [-0.2, 0) is 10.8 Å². The summed E-state index contributed by atoms with van der Waals surface area (Å²) in [6.45, 7) is 0. The van der Waals surface area contributed by atoms with E-state index in [-0.39, 0.29) is 11.5 Å².